The highest BCUT2D eigenvalue weighted by atomic mass is 14.2. The summed E-state index contributed by atoms with van der Waals surface area (Å²) in [6.07, 6.45) is 7.87. The van der Waals surface area contributed by atoms with Crippen LogP contribution in [-0.2, 0) is 0 Å². The van der Waals surface area contributed by atoms with E-state index in [1.54, 1.807) is 0 Å². The van der Waals surface area contributed by atoms with E-state index in [2.05, 4.69) is 17.8 Å². The minimum atomic E-state index is 0.630. The molecule has 1 aromatic rings. The normalized spacial score (nSPS) is 14.1. The summed E-state index contributed by atoms with van der Waals surface area (Å²) in [7, 11) is 0. The Morgan fingerprint density at radius 3 is 2.46 bits per heavy atom. The molecule has 0 N–H and O–H groups in total. The van der Waals surface area contributed by atoms with Gasteiger partial charge in [-0.2, -0.15) is 0 Å². The topological polar surface area (TPSA) is 0 Å². The summed E-state index contributed by atoms with van der Waals surface area (Å²) in [5.41, 5.74) is 1.88. The first-order valence-electron chi connectivity index (χ1n) is 4.47. The average molecular weight is 166 g/mol. The molecule has 0 atom stereocenters. The molecule has 1 fully saturated rings. The smallest absolute Gasteiger partial charge is 0.0401 e. The predicted molar refractivity (Wildman–Crippen MR) is 54.0 cm³/mol. The summed E-state index contributed by atoms with van der Waals surface area (Å²) >= 11 is 0. The van der Waals surface area contributed by atoms with Gasteiger partial charge in [-0.3, -0.25) is 0 Å². The summed E-state index contributed by atoms with van der Waals surface area (Å²) in [6, 6.07) is 7.82. The van der Waals surface area contributed by atoms with Gasteiger partial charge in [-0.1, -0.05) is 29.9 Å². The van der Waals surface area contributed by atoms with Crippen LogP contribution in [0.4, 0.5) is 0 Å². The van der Waals surface area contributed by atoms with E-state index in [0.717, 1.165) is 11.1 Å². The van der Waals surface area contributed by atoms with Gasteiger partial charge in [0.15, 0.2) is 0 Å². The number of rotatable bonds is 0. The third-order valence-electron chi connectivity index (χ3n) is 2.07. The Labute approximate surface area is 79.0 Å². The number of terminal acetylenes is 1. The Morgan fingerprint density at radius 1 is 1.15 bits per heavy atom. The van der Waals surface area contributed by atoms with Crippen LogP contribution < -0.4 is 0 Å². The van der Waals surface area contributed by atoms with Crippen LogP contribution >= 0.6 is 0 Å². The van der Waals surface area contributed by atoms with Crippen LogP contribution in [0.5, 0.6) is 0 Å². The van der Waals surface area contributed by atoms with Gasteiger partial charge in [0.1, 0.15) is 0 Å². The van der Waals surface area contributed by atoms with Crippen molar-refractivity contribution < 1.29 is 0 Å². The third kappa shape index (κ3) is 1.92. The first kappa shape index (κ1) is 7.96. The second-order valence-electron chi connectivity index (χ2n) is 3.23. The zero-order valence-electron chi connectivity index (χ0n) is 7.38. The van der Waals surface area contributed by atoms with E-state index in [9.17, 15) is 0 Å². The van der Waals surface area contributed by atoms with Gasteiger partial charge in [0.25, 0.3) is 0 Å². The van der Waals surface area contributed by atoms with Crippen molar-refractivity contribution in [3.63, 3.8) is 0 Å². The van der Waals surface area contributed by atoms with Gasteiger partial charge < -0.3 is 0 Å². The Bertz CT molecular complexity index is 406. The number of hydrogen-bond acceptors (Lipinski definition) is 0. The molecule has 1 aromatic carbocycles. The van der Waals surface area contributed by atoms with Crippen LogP contribution in [0, 0.1) is 30.1 Å². The van der Waals surface area contributed by atoms with E-state index >= 15 is 0 Å². The fourth-order valence-electron chi connectivity index (χ4n) is 1.13. The largest absolute Gasteiger partial charge is 0.115 e. The summed E-state index contributed by atoms with van der Waals surface area (Å²) < 4.78 is 0. The monoisotopic (exact) mass is 166 g/mol. The number of hydrogen-bond donors (Lipinski definition) is 0. The van der Waals surface area contributed by atoms with Gasteiger partial charge in [-0.15, -0.1) is 6.42 Å². The molecular weight excluding hydrogens is 156 g/mol. The van der Waals surface area contributed by atoms with Crippen molar-refractivity contribution in [2.24, 2.45) is 5.92 Å². The van der Waals surface area contributed by atoms with E-state index in [1.165, 1.54) is 12.8 Å². The Balaban J connectivity index is 2.30. The molecule has 2 rings (SSSR count). The zero-order chi connectivity index (χ0) is 9.10. The maximum absolute atomic E-state index is 5.35. The molecule has 0 unspecified atom stereocenters. The lowest BCUT2D eigenvalue weighted by molar-refractivity contribution is 1.18. The third-order valence-corrected chi connectivity index (χ3v) is 2.07. The summed E-state index contributed by atoms with van der Waals surface area (Å²) in [6.45, 7) is 0. The highest BCUT2D eigenvalue weighted by Gasteiger charge is 2.17. The molecule has 0 nitrogen and oxygen atoms in total. The fourth-order valence-corrected chi connectivity index (χ4v) is 1.13. The molecule has 0 heteroatoms. The predicted octanol–water partition coefficient (Wildman–Crippen LogP) is 2.43. The number of benzene rings is 1. The van der Waals surface area contributed by atoms with Crippen molar-refractivity contribution in [1.82, 2.24) is 0 Å². The van der Waals surface area contributed by atoms with Gasteiger partial charge in [-0.05, 0) is 25.0 Å². The lowest BCUT2D eigenvalue weighted by Crippen LogP contribution is -1.81. The quantitative estimate of drug-likeness (QED) is 0.519. The minimum absolute atomic E-state index is 0.630. The molecule has 0 aromatic heterocycles. The first-order chi connectivity index (χ1) is 6.40. The molecule has 0 saturated heterocycles. The van der Waals surface area contributed by atoms with Crippen molar-refractivity contribution in [3.05, 3.63) is 35.4 Å². The Kier molecular flexibility index (Phi) is 2.07. The molecule has 62 valence electrons. The Hall–Kier alpha value is -1.66. The minimum Gasteiger partial charge on any atom is -0.115 e. The van der Waals surface area contributed by atoms with Crippen LogP contribution in [0.15, 0.2) is 24.3 Å². The van der Waals surface area contributed by atoms with Crippen molar-refractivity contribution in [2.45, 2.75) is 12.8 Å². The van der Waals surface area contributed by atoms with Gasteiger partial charge in [0, 0.05) is 17.0 Å². The van der Waals surface area contributed by atoms with Crippen LogP contribution in [0.25, 0.3) is 0 Å². The first-order valence-corrected chi connectivity index (χ1v) is 4.47. The highest BCUT2D eigenvalue weighted by molar-refractivity contribution is 5.49. The molecule has 1 saturated carbocycles. The lowest BCUT2D eigenvalue weighted by atomic mass is 10.1. The van der Waals surface area contributed by atoms with Gasteiger partial charge in [-0.25, -0.2) is 0 Å². The second-order valence-corrected chi connectivity index (χ2v) is 3.23. The molecule has 1 aliphatic rings. The summed E-state index contributed by atoms with van der Waals surface area (Å²) in [5, 5.41) is 0. The second kappa shape index (κ2) is 3.38. The molecule has 13 heavy (non-hydrogen) atoms. The van der Waals surface area contributed by atoms with Gasteiger partial charge >= 0.3 is 0 Å². The fraction of sp³-hybridized carbons (Fsp3) is 0.231. The van der Waals surface area contributed by atoms with Crippen molar-refractivity contribution in [2.75, 3.05) is 0 Å². The standard InChI is InChI=1S/C13H10/c1-2-12-5-3-4-6-13(12)10-9-11-7-8-11/h1,3-6,11H,7-8H2. The molecule has 0 bridgehead atoms. The molecule has 0 spiro atoms. The van der Waals surface area contributed by atoms with E-state index in [1.807, 2.05) is 24.3 Å². The van der Waals surface area contributed by atoms with Crippen molar-refractivity contribution in [1.29, 1.82) is 0 Å². The molecule has 0 aliphatic heterocycles. The Morgan fingerprint density at radius 2 is 1.85 bits per heavy atom. The van der Waals surface area contributed by atoms with Gasteiger partial charge in [0.2, 0.25) is 0 Å². The van der Waals surface area contributed by atoms with E-state index in [-0.39, 0.29) is 0 Å². The average Bonchev–Trinajstić information content (AvgIpc) is 2.99. The SMILES string of the molecule is C#Cc1ccccc1C#CC1CC1. The van der Waals surface area contributed by atoms with Crippen molar-refractivity contribution >= 4 is 0 Å². The van der Waals surface area contributed by atoms with Crippen molar-refractivity contribution in [3.8, 4) is 24.2 Å². The van der Waals surface area contributed by atoms with E-state index < -0.39 is 0 Å². The van der Waals surface area contributed by atoms with Crippen LogP contribution in [-0.4, -0.2) is 0 Å². The maximum atomic E-state index is 5.35. The van der Waals surface area contributed by atoms with Gasteiger partial charge in [0.05, 0.1) is 0 Å². The zero-order valence-corrected chi connectivity index (χ0v) is 7.38. The highest BCUT2D eigenvalue weighted by Crippen LogP contribution is 2.27. The van der Waals surface area contributed by atoms with Crippen LogP contribution in [0.3, 0.4) is 0 Å². The lowest BCUT2D eigenvalue weighted by Gasteiger charge is -1.93. The molecular formula is C13H10. The molecule has 0 radical (unpaired) electrons. The van der Waals surface area contributed by atoms with Crippen LogP contribution in [0.1, 0.15) is 24.0 Å². The maximum Gasteiger partial charge on any atom is 0.0401 e. The summed E-state index contributed by atoms with van der Waals surface area (Å²) in [5.74, 6) is 9.60. The summed E-state index contributed by atoms with van der Waals surface area (Å²) in [4.78, 5) is 0. The van der Waals surface area contributed by atoms with E-state index in [0.29, 0.717) is 5.92 Å². The van der Waals surface area contributed by atoms with E-state index in [4.69, 9.17) is 6.42 Å². The molecule has 0 amide bonds. The molecule has 0 heterocycles. The molecule has 1 aliphatic carbocycles. The van der Waals surface area contributed by atoms with Crippen LogP contribution in [0.2, 0.25) is 0 Å².